The summed E-state index contributed by atoms with van der Waals surface area (Å²) in [5.41, 5.74) is 3.91. The standard InChI is InChI=1S/C14H10N4OS/c1-8-14(19)18-11-3-2-9(13-15-4-5-20-13)6-10(11)16-7-12(18)17-8/h2-7,19H,1H3. The Morgan fingerprint density at radius 1 is 1.25 bits per heavy atom. The first-order valence-corrected chi connectivity index (χ1v) is 6.98. The van der Waals surface area contributed by atoms with E-state index in [2.05, 4.69) is 15.0 Å². The molecule has 0 saturated heterocycles. The number of aryl methyl sites for hydroxylation is 1. The number of nitrogens with zero attached hydrogens (tertiary/aromatic N) is 4. The molecule has 0 unspecified atom stereocenters. The van der Waals surface area contributed by atoms with Crippen LogP contribution in [0.5, 0.6) is 5.88 Å². The van der Waals surface area contributed by atoms with Crippen LogP contribution in [-0.4, -0.2) is 24.5 Å². The zero-order valence-electron chi connectivity index (χ0n) is 10.6. The van der Waals surface area contributed by atoms with Crippen LogP contribution in [0.3, 0.4) is 0 Å². The van der Waals surface area contributed by atoms with E-state index in [1.54, 1.807) is 35.1 Å². The number of hydrogen-bond donors (Lipinski definition) is 1. The van der Waals surface area contributed by atoms with Crippen molar-refractivity contribution in [3.05, 3.63) is 41.7 Å². The Labute approximate surface area is 118 Å². The molecule has 4 aromatic rings. The summed E-state index contributed by atoms with van der Waals surface area (Å²) < 4.78 is 1.71. The first-order valence-electron chi connectivity index (χ1n) is 6.11. The molecule has 5 nitrogen and oxygen atoms in total. The third-order valence-electron chi connectivity index (χ3n) is 3.26. The van der Waals surface area contributed by atoms with Gasteiger partial charge in [0, 0.05) is 17.1 Å². The van der Waals surface area contributed by atoms with E-state index in [0.717, 1.165) is 21.6 Å². The molecule has 0 saturated carbocycles. The number of hydrogen-bond acceptors (Lipinski definition) is 5. The molecule has 1 N–H and O–H groups in total. The second kappa shape index (κ2) is 4.01. The Morgan fingerprint density at radius 2 is 2.15 bits per heavy atom. The van der Waals surface area contributed by atoms with Crippen molar-refractivity contribution in [2.75, 3.05) is 0 Å². The second-order valence-corrected chi connectivity index (χ2v) is 5.41. The van der Waals surface area contributed by atoms with Gasteiger partial charge in [0.05, 0.1) is 17.2 Å². The highest BCUT2D eigenvalue weighted by atomic mass is 32.1. The van der Waals surface area contributed by atoms with Crippen LogP contribution in [0.2, 0.25) is 0 Å². The van der Waals surface area contributed by atoms with Crippen LogP contribution in [-0.2, 0) is 0 Å². The van der Waals surface area contributed by atoms with Gasteiger partial charge in [-0.05, 0) is 25.1 Å². The van der Waals surface area contributed by atoms with Crippen molar-refractivity contribution in [1.29, 1.82) is 0 Å². The Balaban J connectivity index is 2.05. The minimum absolute atomic E-state index is 0.161. The fourth-order valence-corrected chi connectivity index (χ4v) is 2.94. The average molecular weight is 282 g/mol. The number of aromatic hydroxyl groups is 1. The van der Waals surface area contributed by atoms with Crippen molar-refractivity contribution in [1.82, 2.24) is 19.4 Å². The van der Waals surface area contributed by atoms with Crippen LogP contribution >= 0.6 is 11.3 Å². The lowest BCUT2D eigenvalue weighted by Crippen LogP contribution is -1.91. The van der Waals surface area contributed by atoms with Crippen LogP contribution < -0.4 is 0 Å². The van der Waals surface area contributed by atoms with E-state index >= 15 is 0 Å². The average Bonchev–Trinajstić information content (AvgIpc) is 3.08. The van der Waals surface area contributed by atoms with Gasteiger partial charge in [0.15, 0.2) is 5.65 Å². The van der Waals surface area contributed by atoms with E-state index in [1.807, 2.05) is 23.6 Å². The van der Waals surface area contributed by atoms with E-state index in [-0.39, 0.29) is 5.88 Å². The topological polar surface area (TPSA) is 63.3 Å². The fourth-order valence-electron chi connectivity index (χ4n) is 2.31. The summed E-state index contributed by atoms with van der Waals surface area (Å²) in [5.74, 6) is 0.161. The lowest BCUT2D eigenvalue weighted by atomic mass is 10.2. The molecule has 3 aromatic heterocycles. The number of thiazole rings is 1. The van der Waals surface area contributed by atoms with Crippen molar-refractivity contribution in [2.24, 2.45) is 0 Å². The maximum atomic E-state index is 10.1. The normalized spacial score (nSPS) is 11.4. The number of fused-ring (bicyclic) bond motifs is 3. The third-order valence-corrected chi connectivity index (χ3v) is 4.08. The Morgan fingerprint density at radius 3 is 2.95 bits per heavy atom. The zero-order chi connectivity index (χ0) is 13.7. The van der Waals surface area contributed by atoms with Crippen molar-refractivity contribution in [3.63, 3.8) is 0 Å². The summed E-state index contributed by atoms with van der Waals surface area (Å²) in [4.78, 5) is 13.0. The third kappa shape index (κ3) is 1.51. The molecule has 6 heteroatoms. The van der Waals surface area contributed by atoms with Gasteiger partial charge in [-0.25, -0.2) is 9.97 Å². The first-order chi connectivity index (χ1) is 9.74. The number of benzene rings is 1. The minimum atomic E-state index is 0.161. The molecule has 0 aliphatic carbocycles. The molecule has 20 heavy (non-hydrogen) atoms. The van der Waals surface area contributed by atoms with E-state index in [9.17, 15) is 5.11 Å². The van der Waals surface area contributed by atoms with Gasteiger partial charge < -0.3 is 5.11 Å². The predicted octanol–water partition coefficient (Wildman–Crippen LogP) is 3.02. The maximum Gasteiger partial charge on any atom is 0.219 e. The van der Waals surface area contributed by atoms with Crippen LogP contribution in [0.25, 0.3) is 27.3 Å². The number of imidazole rings is 1. The summed E-state index contributed by atoms with van der Waals surface area (Å²) in [6.07, 6.45) is 3.45. The van der Waals surface area contributed by atoms with Gasteiger partial charge in [-0.3, -0.25) is 9.38 Å². The quantitative estimate of drug-likeness (QED) is 0.583. The summed E-state index contributed by atoms with van der Waals surface area (Å²) >= 11 is 1.59. The second-order valence-electron chi connectivity index (χ2n) is 4.51. The van der Waals surface area contributed by atoms with Crippen molar-refractivity contribution < 1.29 is 5.11 Å². The molecular weight excluding hydrogens is 272 g/mol. The van der Waals surface area contributed by atoms with Gasteiger partial charge in [0.1, 0.15) is 10.7 Å². The molecule has 98 valence electrons. The fraction of sp³-hybridized carbons (Fsp3) is 0.0714. The monoisotopic (exact) mass is 282 g/mol. The number of aromatic nitrogens is 4. The van der Waals surface area contributed by atoms with Gasteiger partial charge >= 0.3 is 0 Å². The van der Waals surface area contributed by atoms with Crippen molar-refractivity contribution >= 4 is 28.0 Å². The van der Waals surface area contributed by atoms with Crippen LogP contribution in [0.15, 0.2) is 36.0 Å². The molecule has 0 spiro atoms. The summed E-state index contributed by atoms with van der Waals surface area (Å²) in [7, 11) is 0. The summed E-state index contributed by atoms with van der Waals surface area (Å²) in [6.45, 7) is 1.78. The van der Waals surface area contributed by atoms with Gasteiger partial charge in [-0.2, -0.15) is 0 Å². The molecule has 0 radical (unpaired) electrons. The molecule has 0 fully saturated rings. The smallest absolute Gasteiger partial charge is 0.219 e. The van der Waals surface area contributed by atoms with E-state index in [1.165, 1.54) is 0 Å². The van der Waals surface area contributed by atoms with E-state index < -0.39 is 0 Å². The summed E-state index contributed by atoms with van der Waals surface area (Å²) in [6, 6.07) is 5.90. The Bertz CT molecular complexity index is 927. The zero-order valence-corrected chi connectivity index (χ0v) is 11.4. The molecule has 4 rings (SSSR count). The largest absolute Gasteiger partial charge is 0.493 e. The van der Waals surface area contributed by atoms with Crippen molar-refractivity contribution in [3.8, 4) is 16.5 Å². The van der Waals surface area contributed by atoms with Crippen LogP contribution in [0.4, 0.5) is 0 Å². The molecule has 3 heterocycles. The lowest BCUT2D eigenvalue weighted by Gasteiger charge is -2.04. The molecule has 0 amide bonds. The van der Waals surface area contributed by atoms with Crippen LogP contribution in [0.1, 0.15) is 5.69 Å². The van der Waals surface area contributed by atoms with Gasteiger partial charge in [0.2, 0.25) is 5.88 Å². The molecular formula is C14H10N4OS. The van der Waals surface area contributed by atoms with E-state index in [0.29, 0.717) is 11.3 Å². The van der Waals surface area contributed by atoms with Gasteiger partial charge in [0.25, 0.3) is 0 Å². The predicted molar refractivity (Wildman–Crippen MR) is 78.0 cm³/mol. The molecule has 0 bridgehead atoms. The number of rotatable bonds is 1. The maximum absolute atomic E-state index is 10.1. The Kier molecular flexibility index (Phi) is 2.28. The molecule has 0 aliphatic rings. The molecule has 1 aromatic carbocycles. The Hall–Kier alpha value is -2.47. The minimum Gasteiger partial charge on any atom is -0.493 e. The van der Waals surface area contributed by atoms with Gasteiger partial charge in [-0.1, -0.05) is 0 Å². The van der Waals surface area contributed by atoms with Crippen molar-refractivity contribution in [2.45, 2.75) is 6.92 Å². The SMILES string of the molecule is Cc1nc2cnc3cc(-c4nccs4)ccc3n2c1O. The highest BCUT2D eigenvalue weighted by molar-refractivity contribution is 7.13. The summed E-state index contributed by atoms with van der Waals surface area (Å²) in [5, 5.41) is 13.0. The van der Waals surface area contributed by atoms with Crippen LogP contribution in [0, 0.1) is 6.92 Å². The van der Waals surface area contributed by atoms with E-state index in [4.69, 9.17) is 0 Å². The molecule has 0 aliphatic heterocycles. The van der Waals surface area contributed by atoms with Gasteiger partial charge in [-0.15, -0.1) is 11.3 Å². The molecule has 0 atom stereocenters. The first kappa shape index (κ1) is 11.4. The highest BCUT2D eigenvalue weighted by Gasteiger charge is 2.11. The highest BCUT2D eigenvalue weighted by Crippen LogP contribution is 2.28. The lowest BCUT2D eigenvalue weighted by molar-refractivity contribution is 0.446.